The predicted molar refractivity (Wildman–Crippen MR) is 162 cm³/mol. The Bertz CT molecular complexity index is 1550. The molecule has 3 aromatic heterocycles. The number of amides is 1. The lowest BCUT2D eigenvalue weighted by atomic mass is 9.85. The number of ether oxygens (including phenoxy) is 2. The van der Waals surface area contributed by atoms with Gasteiger partial charge in [-0.3, -0.25) is 20.1 Å². The summed E-state index contributed by atoms with van der Waals surface area (Å²) in [5, 5.41) is 21.2. The molecule has 0 bridgehead atoms. The van der Waals surface area contributed by atoms with Crippen LogP contribution < -0.4 is 14.8 Å². The highest BCUT2D eigenvalue weighted by atomic mass is 32.1. The second-order valence-electron chi connectivity index (χ2n) is 9.99. The van der Waals surface area contributed by atoms with Gasteiger partial charge in [-0.15, -0.1) is 5.10 Å². The van der Waals surface area contributed by atoms with E-state index in [0.29, 0.717) is 27.2 Å². The Hall–Kier alpha value is -4.36. The van der Waals surface area contributed by atoms with Crippen molar-refractivity contribution in [1.29, 1.82) is 5.26 Å². The number of nitrogens with one attached hydrogen (secondary N) is 1. The monoisotopic (exact) mass is 572 g/mol. The van der Waals surface area contributed by atoms with Crippen molar-refractivity contribution in [1.82, 2.24) is 20.2 Å². The summed E-state index contributed by atoms with van der Waals surface area (Å²) in [6, 6.07) is 6.06. The Labute approximate surface area is 245 Å². The zero-order valence-corrected chi connectivity index (χ0v) is 25.6. The topological polar surface area (TPSA) is 123 Å². The van der Waals surface area contributed by atoms with Crippen molar-refractivity contribution in [2.45, 2.75) is 54.9 Å². The lowest BCUT2D eigenvalue weighted by molar-refractivity contribution is 0.102. The van der Waals surface area contributed by atoms with Gasteiger partial charge in [0.1, 0.15) is 12.4 Å². The molecule has 0 atom stereocenters. The summed E-state index contributed by atoms with van der Waals surface area (Å²) in [6.07, 6.45) is 9.91. The summed E-state index contributed by atoms with van der Waals surface area (Å²) < 4.78 is 11.5. The number of pyridine rings is 2. The molecular weight excluding hydrogens is 536 g/mol. The fourth-order valence-electron chi connectivity index (χ4n) is 3.97. The van der Waals surface area contributed by atoms with Crippen molar-refractivity contribution in [2.75, 3.05) is 19.0 Å². The standard InChI is InChI=1S/C31H36N6O3S/c1-9-19(3)22(11-12-23(10-2)31(6,7)18-32)17-40-30-37-36-29(41-30)35-28(38)26-15-33-20(4)13-24(26)25-14-21(5)34-16-27(25)39-8/h10-16H,9,17H2,1-8H3,(H,35,36,38)/b12-11-,22-19?,23-10+. The van der Waals surface area contributed by atoms with Crippen molar-refractivity contribution in [3.8, 4) is 28.1 Å². The highest BCUT2D eigenvalue weighted by Crippen LogP contribution is 2.33. The number of nitriles is 1. The molecule has 0 aromatic carbocycles. The number of aromatic nitrogens is 4. The molecule has 0 aliphatic heterocycles. The Morgan fingerprint density at radius 2 is 1.80 bits per heavy atom. The van der Waals surface area contributed by atoms with Gasteiger partial charge in [0, 0.05) is 28.7 Å². The second-order valence-corrected chi connectivity index (χ2v) is 10.9. The van der Waals surface area contributed by atoms with Crippen molar-refractivity contribution in [2.24, 2.45) is 5.41 Å². The van der Waals surface area contributed by atoms with E-state index >= 15 is 0 Å². The van der Waals surface area contributed by atoms with Crippen LogP contribution in [-0.4, -0.2) is 39.8 Å². The Kier molecular flexibility index (Phi) is 10.5. The van der Waals surface area contributed by atoms with Gasteiger partial charge in [-0.25, -0.2) is 0 Å². The third-order valence-corrected chi connectivity index (χ3v) is 7.38. The summed E-state index contributed by atoms with van der Waals surface area (Å²) >= 11 is 1.14. The number of carbonyl (C=O) groups is 1. The maximum atomic E-state index is 13.3. The zero-order valence-electron chi connectivity index (χ0n) is 24.8. The van der Waals surface area contributed by atoms with Crippen LogP contribution in [0.5, 0.6) is 10.9 Å². The molecule has 10 heteroatoms. The molecule has 0 saturated heterocycles. The number of carbonyl (C=O) groups excluding carboxylic acids is 1. The van der Waals surface area contributed by atoms with Crippen LogP contribution in [0.2, 0.25) is 0 Å². The van der Waals surface area contributed by atoms with E-state index in [1.54, 1.807) is 13.3 Å². The van der Waals surface area contributed by atoms with E-state index in [-0.39, 0.29) is 12.5 Å². The number of allylic oxidation sites excluding steroid dienone is 4. The smallest absolute Gasteiger partial charge is 0.296 e. The molecular formula is C31H36N6O3S. The molecule has 1 amide bonds. The zero-order chi connectivity index (χ0) is 30.2. The largest absolute Gasteiger partial charge is 0.494 e. The third-order valence-electron chi connectivity index (χ3n) is 6.63. The Morgan fingerprint density at radius 3 is 2.44 bits per heavy atom. The van der Waals surface area contributed by atoms with Crippen molar-refractivity contribution >= 4 is 22.4 Å². The Morgan fingerprint density at radius 1 is 1.12 bits per heavy atom. The minimum absolute atomic E-state index is 0.274. The lowest BCUT2D eigenvalue weighted by Crippen LogP contribution is -2.14. The average molecular weight is 573 g/mol. The molecule has 9 nitrogen and oxygen atoms in total. The fourth-order valence-corrected chi connectivity index (χ4v) is 4.56. The van der Waals surface area contributed by atoms with Gasteiger partial charge in [0.2, 0.25) is 5.13 Å². The number of nitrogens with zero attached hydrogens (tertiary/aromatic N) is 5. The molecule has 0 radical (unpaired) electrons. The van der Waals surface area contributed by atoms with Crippen molar-refractivity contribution in [3.05, 3.63) is 76.4 Å². The summed E-state index contributed by atoms with van der Waals surface area (Å²) in [5.41, 5.74) is 5.81. The molecule has 41 heavy (non-hydrogen) atoms. The van der Waals surface area contributed by atoms with E-state index in [0.717, 1.165) is 51.4 Å². The van der Waals surface area contributed by atoms with Crippen LogP contribution in [0, 0.1) is 30.6 Å². The van der Waals surface area contributed by atoms with E-state index in [2.05, 4.69) is 38.5 Å². The van der Waals surface area contributed by atoms with Crippen LogP contribution in [0.1, 0.15) is 62.8 Å². The van der Waals surface area contributed by atoms with Gasteiger partial charge < -0.3 is 9.47 Å². The van der Waals surface area contributed by atoms with Gasteiger partial charge in [-0.1, -0.05) is 35.8 Å². The van der Waals surface area contributed by atoms with Gasteiger partial charge in [-0.2, -0.15) is 5.26 Å². The van der Waals surface area contributed by atoms with Gasteiger partial charge in [0.25, 0.3) is 11.1 Å². The number of hydrogen-bond donors (Lipinski definition) is 1. The van der Waals surface area contributed by atoms with E-state index in [1.807, 2.05) is 71.9 Å². The molecule has 3 aromatic rings. The normalized spacial score (nSPS) is 12.6. The SMILES string of the molecule is C/C=C(\C=C/C(COc1nnc(NC(=O)c2cnc(C)cc2-c2cc(C)ncc2OC)s1)=C(C)CC)C(C)(C)C#N. The van der Waals surface area contributed by atoms with Crippen LogP contribution in [0.4, 0.5) is 5.13 Å². The number of anilines is 1. The highest BCUT2D eigenvalue weighted by Gasteiger charge is 2.21. The van der Waals surface area contributed by atoms with Gasteiger partial charge >= 0.3 is 0 Å². The summed E-state index contributed by atoms with van der Waals surface area (Å²) in [6.45, 7) is 13.8. The first-order chi connectivity index (χ1) is 19.5. The van der Waals surface area contributed by atoms with Gasteiger partial charge in [0.05, 0.1) is 30.4 Å². The van der Waals surface area contributed by atoms with E-state index < -0.39 is 5.41 Å². The third kappa shape index (κ3) is 7.86. The number of hydrogen-bond acceptors (Lipinski definition) is 9. The van der Waals surface area contributed by atoms with Gasteiger partial charge in [-0.05, 0) is 82.6 Å². The van der Waals surface area contributed by atoms with Gasteiger partial charge in [0.15, 0.2) is 0 Å². The molecule has 3 heterocycles. The molecule has 214 valence electrons. The number of rotatable bonds is 11. The minimum atomic E-state index is -0.599. The number of methoxy groups -OCH3 is 1. The molecule has 0 spiro atoms. The minimum Gasteiger partial charge on any atom is -0.494 e. The molecule has 1 N–H and O–H groups in total. The molecule has 3 rings (SSSR count). The molecule has 0 saturated carbocycles. The highest BCUT2D eigenvalue weighted by molar-refractivity contribution is 7.17. The van der Waals surface area contributed by atoms with Crippen LogP contribution in [-0.2, 0) is 0 Å². The maximum Gasteiger partial charge on any atom is 0.296 e. The van der Waals surface area contributed by atoms with Crippen molar-refractivity contribution < 1.29 is 14.3 Å². The van der Waals surface area contributed by atoms with Crippen molar-refractivity contribution in [3.63, 3.8) is 0 Å². The van der Waals surface area contributed by atoms with Crippen LogP contribution in [0.3, 0.4) is 0 Å². The first-order valence-corrected chi connectivity index (χ1v) is 14.0. The Balaban J connectivity index is 1.78. The molecule has 0 aliphatic carbocycles. The maximum absolute atomic E-state index is 13.3. The summed E-state index contributed by atoms with van der Waals surface area (Å²) in [5.74, 6) is 0.177. The predicted octanol–water partition coefficient (Wildman–Crippen LogP) is 7.03. The van der Waals surface area contributed by atoms with Crippen LogP contribution in [0.25, 0.3) is 11.1 Å². The lowest BCUT2D eigenvalue weighted by Gasteiger charge is -2.17. The first-order valence-electron chi connectivity index (χ1n) is 13.2. The summed E-state index contributed by atoms with van der Waals surface area (Å²) in [4.78, 5) is 22.0. The average Bonchev–Trinajstić information content (AvgIpc) is 3.41. The van der Waals surface area contributed by atoms with Crippen LogP contribution in [0.15, 0.2) is 59.5 Å². The van der Waals surface area contributed by atoms with E-state index in [1.165, 1.54) is 6.20 Å². The first kappa shape index (κ1) is 31.2. The molecule has 0 aliphatic rings. The fraction of sp³-hybridized carbons (Fsp3) is 0.355. The van der Waals surface area contributed by atoms with E-state index in [4.69, 9.17) is 9.47 Å². The molecule has 0 unspecified atom stereocenters. The summed E-state index contributed by atoms with van der Waals surface area (Å²) in [7, 11) is 1.57. The van der Waals surface area contributed by atoms with Crippen LogP contribution >= 0.6 is 11.3 Å². The van der Waals surface area contributed by atoms with E-state index in [9.17, 15) is 10.1 Å². The molecule has 0 fully saturated rings. The second kappa shape index (κ2) is 13.8. The quantitative estimate of drug-likeness (QED) is 0.243. The number of aryl methyl sites for hydroxylation is 2.